The van der Waals surface area contributed by atoms with Crippen molar-refractivity contribution in [2.45, 2.75) is 0 Å². The van der Waals surface area contributed by atoms with E-state index in [4.69, 9.17) is 27.7 Å². The highest BCUT2D eigenvalue weighted by Crippen LogP contribution is 2.29. The number of halogens is 2. The largest absolute Gasteiger partial charge is 0.351 e. The average Bonchev–Trinajstić information content (AvgIpc) is 2.61. The first kappa shape index (κ1) is 10.2. The highest BCUT2D eigenvalue weighted by atomic mass is 35.5. The van der Waals surface area contributed by atoms with Crippen molar-refractivity contribution in [1.29, 1.82) is 0 Å². The Bertz CT molecular complexity index is 491. The molecule has 0 aliphatic carbocycles. The first-order valence-corrected chi connectivity index (χ1v) is 4.84. The van der Waals surface area contributed by atoms with E-state index in [2.05, 4.69) is 5.16 Å². The first-order valence-electron chi connectivity index (χ1n) is 4.08. The zero-order valence-electron chi connectivity index (χ0n) is 7.41. The second kappa shape index (κ2) is 4.04. The third-order valence-electron chi connectivity index (χ3n) is 1.88. The molecule has 0 spiro atoms. The maximum atomic E-state index is 10.5. The Morgan fingerprint density at radius 2 is 1.87 bits per heavy atom. The number of aldehydes is 1. The van der Waals surface area contributed by atoms with Gasteiger partial charge in [-0.3, -0.25) is 4.79 Å². The molecule has 0 N–H and O–H groups in total. The predicted molar refractivity (Wildman–Crippen MR) is 57.3 cm³/mol. The van der Waals surface area contributed by atoms with Gasteiger partial charge in [-0.05, 0) is 12.1 Å². The Hall–Kier alpha value is -1.32. The van der Waals surface area contributed by atoms with Gasteiger partial charge >= 0.3 is 0 Å². The van der Waals surface area contributed by atoms with Crippen molar-refractivity contribution >= 4 is 29.5 Å². The van der Waals surface area contributed by atoms with Crippen LogP contribution < -0.4 is 0 Å². The third-order valence-corrected chi connectivity index (χ3v) is 2.50. The molecule has 1 aromatic carbocycles. The average molecular weight is 242 g/mol. The van der Waals surface area contributed by atoms with Gasteiger partial charge in [-0.15, -0.1) is 0 Å². The minimum atomic E-state index is 0.0293. The summed E-state index contributed by atoms with van der Waals surface area (Å²) in [4.78, 5) is 10.5. The van der Waals surface area contributed by atoms with Crippen LogP contribution in [0.3, 0.4) is 0 Å². The molecular weight excluding hydrogens is 237 g/mol. The molecule has 76 valence electrons. The topological polar surface area (TPSA) is 43.1 Å². The van der Waals surface area contributed by atoms with Crippen molar-refractivity contribution in [2.75, 3.05) is 0 Å². The Kier molecular flexibility index (Phi) is 2.75. The van der Waals surface area contributed by atoms with Crippen molar-refractivity contribution in [3.8, 4) is 11.3 Å². The zero-order chi connectivity index (χ0) is 10.8. The molecule has 1 heterocycles. The van der Waals surface area contributed by atoms with Crippen molar-refractivity contribution in [1.82, 2.24) is 5.16 Å². The summed E-state index contributed by atoms with van der Waals surface area (Å²) < 4.78 is 4.75. The summed E-state index contributed by atoms with van der Waals surface area (Å²) >= 11 is 11.6. The molecule has 3 nitrogen and oxygen atoms in total. The van der Waals surface area contributed by atoms with Crippen LogP contribution in [0.4, 0.5) is 0 Å². The van der Waals surface area contributed by atoms with Crippen LogP contribution in [0.5, 0.6) is 0 Å². The molecule has 0 atom stereocenters. The Morgan fingerprint density at radius 3 is 2.40 bits per heavy atom. The molecule has 0 saturated heterocycles. The van der Waals surface area contributed by atoms with Gasteiger partial charge in [-0.1, -0.05) is 40.5 Å². The van der Waals surface area contributed by atoms with Crippen LogP contribution in [0.25, 0.3) is 11.3 Å². The number of aromatic nitrogens is 1. The lowest BCUT2D eigenvalue weighted by atomic mass is 10.1. The van der Waals surface area contributed by atoms with E-state index in [1.54, 1.807) is 24.3 Å². The number of rotatable bonds is 2. The molecule has 0 fully saturated rings. The maximum Gasteiger partial charge on any atom is 0.218 e. The molecule has 0 aliphatic rings. The number of carbonyl (C=O) groups is 1. The predicted octanol–water partition coefficient (Wildman–Crippen LogP) is 3.46. The molecule has 0 saturated carbocycles. The molecule has 0 aliphatic heterocycles. The molecule has 1 aromatic heterocycles. The molecule has 0 bridgehead atoms. The maximum absolute atomic E-state index is 10.5. The molecule has 2 aromatic rings. The Morgan fingerprint density at radius 1 is 1.20 bits per heavy atom. The number of hydrogen-bond donors (Lipinski definition) is 0. The summed E-state index contributed by atoms with van der Waals surface area (Å²) in [6, 6.07) is 6.92. The second-order valence-electron chi connectivity index (χ2n) is 2.83. The fraction of sp³-hybridized carbons (Fsp3) is 0. The number of benzene rings is 1. The van der Waals surface area contributed by atoms with Crippen LogP contribution >= 0.6 is 23.2 Å². The van der Waals surface area contributed by atoms with Crippen LogP contribution in [0.15, 0.2) is 28.8 Å². The standard InChI is InChI=1S/C10H5Cl2NO2/c11-7-3-1-6(2-4-7)10-9(12)8(5-14)15-13-10/h1-5H. The summed E-state index contributed by atoms with van der Waals surface area (Å²) in [6.07, 6.45) is 0.523. The van der Waals surface area contributed by atoms with E-state index in [1.165, 1.54) is 0 Å². The van der Waals surface area contributed by atoms with Gasteiger partial charge in [0.1, 0.15) is 10.7 Å². The van der Waals surface area contributed by atoms with Crippen LogP contribution in [-0.2, 0) is 0 Å². The summed E-state index contributed by atoms with van der Waals surface area (Å²) in [5.41, 5.74) is 1.19. The van der Waals surface area contributed by atoms with Gasteiger partial charge in [0.05, 0.1) is 0 Å². The van der Waals surface area contributed by atoms with Crippen molar-refractivity contribution in [3.05, 3.63) is 40.1 Å². The molecular formula is C10H5Cl2NO2. The van der Waals surface area contributed by atoms with Gasteiger partial charge in [-0.25, -0.2) is 0 Å². The molecule has 0 unspecified atom stereocenters. The third kappa shape index (κ3) is 1.89. The van der Waals surface area contributed by atoms with Gasteiger partial charge in [0.15, 0.2) is 6.29 Å². The van der Waals surface area contributed by atoms with Gasteiger partial charge < -0.3 is 4.52 Å². The van der Waals surface area contributed by atoms with E-state index >= 15 is 0 Å². The van der Waals surface area contributed by atoms with Crippen LogP contribution in [-0.4, -0.2) is 11.4 Å². The van der Waals surface area contributed by atoms with E-state index in [0.29, 0.717) is 17.0 Å². The van der Waals surface area contributed by atoms with Crippen molar-refractivity contribution < 1.29 is 9.32 Å². The Balaban J connectivity index is 2.49. The normalized spacial score (nSPS) is 10.3. The molecule has 0 amide bonds. The SMILES string of the molecule is O=Cc1onc(-c2ccc(Cl)cc2)c1Cl. The molecule has 15 heavy (non-hydrogen) atoms. The molecule has 5 heteroatoms. The highest BCUT2D eigenvalue weighted by Gasteiger charge is 2.14. The lowest BCUT2D eigenvalue weighted by Crippen LogP contribution is -1.78. The Labute approximate surface area is 95.6 Å². The summed E-state index contributed by atoms with van der Waals surface area (Å²) in [6.45, 7) is 0. The minimum absolute atomic E-state index is 0.0293. The van der Waals surface area contributed by atoms with E-state index in [-0.39, 0.29) is 10.8 Å². The van der Waals surface area contributed by atoms with Crippen LogP contribution in [0.1, 0.15) is 10.6 Å². The monoisotopic (exact) mass is 241 g/mol. The first-order chi connectivity index (χ1) is 7.22. The zero-order valence-corrected chi connectivity index (χ0v) is 8.92. The fourth-order valence-corrected chi connectivity index (χ4v) is 1.50. The van der Waals surface area contributed by atoms with E-state index in [1.807, 2.05) is 0 Å². The fourth-order valence-electron chi connectivity index (χ4n) is 1.15. The van der Waals surface area contributed by atoms with E-state index in [0.717, 1.165) is 5.56 Å². The van der Waals surface area contributed by atoms with E-state index < -0.39 is 0 Å². The van der Waals surface area contributed by atoms with Gasteiger partial charge in [0, 0.05) is 10.6 Å². The molecule has 2 rings (SSSR count). The van der Waals surface area contributed by atoms with Crippen LogP contribution in [0.2, 0.25) is 10.0 Å². The van der Waals surface area contributed by atoms with Gasteiger partial charge in [0.25, 0.3) is 0 Å². The van der Waals surface area contributed by atoms with Crippen molar-refractivity contribution in [2.24, 2.45) is 0 Å². The number of carbonyl (C=O) groups excluding carboxylic acids is 1. The van der Waals surface area contributed by atoms with E-state index in [9.17, 15) is 4.79 Å². The number of nitrogens with zero attached hydrogens (tertiary/aromatic N) is 1. The van der Waals surface area contributed by atoms with Crippen LogP contribution in [0, 0.1) is 0 Å². The van der Waals surface area contributed by atoms with Gasteiger partial charge in [-0.2, -0.15) is 0 Å². The highest BCUT2D eigenvalue weighted by molar-refractivity contribution is 6.35. The quantitative estimate of drug-likeness (QED) is 0.757. The lowest BCUT2D eigenvalue weighted by molar-refractivity contribution is 0.109. The number of hydrogen-bond acceptors (Lipinski definition) is 3. The van der Waals surface area contributed by atoms with Gasteiger partial charge in [0.2, 0.25) is 5.76 Å². The summed E-state index contributed by atoms with van der Waals surface area (Å²) in [5.74, 6) is 0.0293. The minimum Gasteiger partial charge on any atom is -0.351 e. The second-order valence-corrected chi connectivity index (χ2v) is 3.65. The summed E-state index contributed by atoms with van der Waals surface area (Å²) in [7, 11) is 0. The van der Waals surface area contributed by atoms with Crippen molar-refractivity contribution in [3.63, 3.8) is 0 Å². The summed E-state index contributed by atoms with van der Waals surface area (Å²) in [5, 5.41) is 4.54. The molecule has 0 radical (unpaired) electrons. The lowest BCUT2D eigenvalue weighted by Gasteiger charge is -1.95. The smallest absolute Gasteiger partial charge is 0.218 e.